The number of nitrogens with one attached hydrogen (secondary N) is 1. The van der Waals surface area contributed by atoms with Crippen LogP contribution in [0.5, 0.6) is 5.75 Å². The first-order valence-corrected chi connectivity index (χ1v) is 9.85. The third-order valence-corrected chi connectivity index (χ3v) is 5.14. The van der Waals surface area contributed by atoms with E-state index in [4.69, 9.17) is 9.47 Å². The van der Waals surface area contributed by atoms with Crippen molar-refractivity contribution in [1.29, 1.82) is 0 Å². The lowest BCUT2D eigenvalue weighted by Gasteiger charge is -2.29. The Morgan fingerprint density at radius 3 is 2.50 bits per heavy atom. The van der Waals surface area contributed by atoms with Crippen LogP contribution < -0.4 is 10.1 Å². The molecule has 1 fully saturated rings. The molecule has 0 unspecified atom stereocenters. The maximum absolute atomic E-state index is 12.5. The zero-order valence-corrected chi connectivity index (χ0v) is 16.2. The van der Waals surface area contributed by atoms with Crippen molar-refractivity contribution in [3.05, 3.63) is 65.7 Å². The first-order chi connectivity index (χ1) is 13.6. The van der Waals surface area contributed by atoms with E-state index in [0.717, 1.165) is 24.8 Å². The van der Waals surface area contributed by atoms with Gasteiger partial charge in [0.05, 0.1) is 0 Å². The average molecular weight is 381 g/mol. The summed E-state index contributed by atoms with van der Waals surface area (Å²) in [6.07, 6.45) is 4.44. The molecule has 1 N–H and O–H groups in total. The summed E-state index contributed by atoms with van der Waals surface area (Å²) in [7, 11) is 0. The van der Waals surface area contributed by atoms with Crippen LogP contribution >= 0.6 is 0 Å². The minimum absolute atomic E-state index is 0.168. The van der Waals surface area contributed by atoms with Crippen LogP contribution in [0, 0.1) is 5.92 Å². The van der Waals surface area contributed by atoms with E-state index in [1.54, 1.807) is 24.3 Å². The number of para-hydroxylation sites is 1. The number of rotatable bonds is 7. The summed E-state index contributed by atoms with van der Waals surface area (Å²) in [5, 5.41) is 2.99. The molecular formula is C23H27NO4. The smallest absolute Gasteiger partial charge is 0.342 e. The van der Waals surface area contributed by atoms with E-state index in [2.05, 4.69) is 12.2 Å². The zero-order valence-electron chi connectivity index (χ0n) is 16.2. The van der Waals surface area contributed by atoms with Gasteiger partial charge in [-0.3, -0.25) is 4.79 Å². The average Bonchev–Trinajstić information content (AvgIpc) is 2.73. The summed E-state index contributed by atoms with van der Waals surface area (Å²) >= 11 is 0. The SMILES string of the molecule is C[C@@H]1CCCC[C@@H]1NC(=O)COC(=O)c1ccccc1OCc1ccccc1. The van der Waals surface area contributed by atoms with Crippen molar-refractivity contribution in [2.75, 3.05) is 6.61 Å². The molecule has 5 nitrogen and oxygen atoms in total. The highest BCUT2D eigenvalue weighted by Gasteiger charge is 2.23. The Bertz CT molecular complexity index is 790. The Balaban J connectivity index is 1.53. The van der Waals surface area contributed by atoms with Crippen LogP contribution in [0.1, 0.15) is 48.5 Å². The molecule has 0 heterocycles. The fourth-order valence-corrected chi connectivity index (χ4v) is 3.48. The number of esters is 1. The molecular weight excluding hydrogens is 354 g/mol. The second-order valence-electron chi connectivity index (χ2n) is 7.28. The summed E-state index contributed by atoms with van der Waals surface area (Å²) in [5.41, 5.74) is 1.32. The van der Waals surface area contributed by atoms with Crippen molar-refractivity contribution in [2.24, 2.45) is 5.92 Å². The first kappa shape index (κ1) is 19.9. The molecule has 0 aromatic heterocycles. The van der Waals surface area contributed by atoms with Gasteiger partial charge in [0.1, 0.15) is 17.9 Å². The zero-order chi connectivity index (χ0) is 19.8. The molecule has 0 aliphatic heterocycles. The van der Waals surface area contributed by atoms with Crippen molar-refractivity contribution in [3.63, 3.8) is 0 Å². The predicted molar refractivity (Wildman–Crippen MR) is 107 cm³/mol. The van der Waals surface area contributed by atoms with Crippen molar-refractivity contribution >= 4 is 11.9 Å². The highest BCUT2D eigenvalue weighted by molar-refractivity contribution is 5.94. The molecule has 3 rings (SSSR count). The highest BCUT2D eigenvalue weighted by Crippen LogP contribution is 2.24. The minimum Gasteiger partial charge on any atom is -0.488 e. The van der Waals surface area contributed by atoms with E-state index < -0.39 is 5.97 Å². The largest absolute Gasteiger partial charge is 0.488 e. The van der Waals surface area contributed by atoms with Crippen LogP contribution in [0.4, 0.5) is 0 Å². The third-order valence-electron chi connectivity index (χ3n) is 5.14. The number of carbonyl (C=O) groups excluding carboxylic acids is 2. The predicted octanol–water partition coefficient (Wildman–Crippen LogP) is 4.12. The molecule has 2 aromatic carbocycles. The number of ether oxygens (including phenoxy) is 2. The molecule has 1 saturated carbocycles. The Hall–Kier alpha value is -2.82. The maximum Gasteiger partial charge on any atom is 0.342 e. The lowest BCUT2D eigenvalue weighted by atomic mass is 9.86. The molecule has 2 atom stereocenters. The lowest BCUT2D eigenvalue weighted by Crippen LogP contribution is -2.42. The number of hydrogen-bond donors (Lipinski definition) is 1. The number of carbonyl (C=O) groups is 2. The van der Waals surface area contributed by atoms with E-state index >= 15 is 0 Å². The van der Waals surface area contributed by atoms with Crippen molar-refractivity contribution in [3.8, 4) is 5.75 Å². The monoisotopic (exact) mass is 381 g/mol. The molecule has 2 aromatic rings. The van der Waals surface area contributed by atoms with Crippen molar-refractivity contribution in [2.45, 2.75) is 45.3 Å². The quantitative estimate of drug-likeness (QED) is 0.733. The van der Waals surface area contributed by atoms with Gasteiger partial charge < -0.3 is 14.8 Å². The highest BCUT2D eigenvalue weighted by atomic mass is 16.5. The van der Waals surface area contributed by atoms with E-state index in [1.807, 2.05) is 30.3 Å². The molecule has 0 spiro atoms. The van der Waals surface area contributed by atoms with Gasteiger partial charge in [-0.2, -0.15) is 0 Å². The Labute approximate surface area is 166 Å². The van der Waals surface area contributed by atoms with Crippen molar-refractivity contribution < 1.29 is 19.1 Å². The topological polar surface area (TPSA) is 64.6 Å². The van der Waals surface area contributed by atoms with Crippen LogP contribution in [0.2, 0.25) is 0 Å². The van der Waals surface area contributed by atoms with E-state index in [9.17, 15) is 9.59 Å². The second kappa shape index (κ2) is 9.93. The molecule has 148 valence electrons. The maximum atomic E-state index is 12.5. The number of hydrogen-bond acceptors (Lipinski definition) is 4. The summed E-state index contributed by atoms with van der Waals surface area (Å²) in [4.78, 5) is 24.6. The molecule has 5 heteroatoms. The Morgan fingerprint density at radius 2 is 1.71 bits per heavy atom. The van der Waals surface area contributed by atoms with Gasteiger partial charge in [0.15, 0.2) is 6.61 Å². The molecule has 0 radical (unpaired) electrons. The van der Waals surface area contributed by atoms with E-state index in [1.165, 1.54) is 6.42 Å². The Morgan fingerprint density at radius 1 is 1.00 bits per heavy atom. The molecule has 0 bridgehead atoms. The van der Waals surface area contributed by atoms with Crippen molar-refractivity contribution in [1.82, 2.24) is 5.32 Å². The Kier molecular flexibility index (Phi) is 7.06. The number of amides is 1. The second-order valence-corrected chi connectivity index (χ2v) is 7.28. The van der Waals surface area contributed by atoms with Crippen LogP contribution in [-0.2, 0) is 16.1 Å². The summed E-state index contributed by atoms with van der Waals surface area (Å²) in [6.45, 7) is 2.22. The van der Waals surface area contributed by atoms with Crippen LogP contribution in [-0.4, -0.2) is 24.5 Å². The lowest BCUT2D eigenvalue weighted by molar-refractivity contribution is -0.125. The van der Waals surface area contributed by atoms with E-state index in [0.29, 0.717) is 23.8 Å². The van der Waals surface area contributed by atoms with E-state index in [-0.39, 0.29) is 18.6 Å². The molecule has 1 aliphatic carbocycles. The van der Waals surface area contributed by atoms with Gasteiger partial charge in [0.2, 0.25) is 0 Å². The minimum atomic E-state index is -0.560. The first-order valence-electron chi connectivity index (χ1n) is 9.85. The van der Waals surface area contributed by atoms with Gasteiger partial charge in [-0.15, -0.1) is 0 Å². The van der Waals surface area contributed by atoms with Gasteiger partial charge in [-0.25, -0.2) is 4.79 Å². The normalized spacial score (nSPS) is 18.9. The standard InChI is InChI=1S/C23H27NO4/c1-17-9-5-7-13-20(17)24-22(25)16-28-23(26)19-12-6-8-14-21(19)27-15-18-10-3-2-4-11-18/h2-4,6,8,10-12,14,17,20H,5,7,9,13,15-16H2,1H3,(H,24,25)/t17-,20+/m1/s1. The van der Waals surface area contributed by atoms with Gasteiger partial charge in [0, 0.05) is 6.04 Å². The van der Waals surface area contributed by atoms with Crippen LogP contribution in [0.15, 0.2) is 54.6 Å². The van der Waals surface area contributed by atoms with Gasteiger partial charge in [-0.1, -0.05) is 62.2 Å². The number of benzene rings is 2. The summed E-state index contributed by atoms with van der Waals surface area (Å²) in [6, 6.07) is 16.8. The fourth-order valence-electron chi connectivity index (χ4n) is 3.48. The molecule has 1 amide bonds. The third kappa shape index (κ3) is 5.59. The molecule has 28 heavy (non-hydrogen) atoms. The summed E-state index contributed by atoms with van der Waals surface area (Å²) in [5.74, 6) is 0.0865. The van der Waals surface area contributed by atoms with Gasteiger partial charge >= 0.3 is 5.97 Å². The van der Waals surface area contributed by atoms with Crippen LogP contribution in [0.3, 0.4) is 0 Å². The fraction of sp³-hybridized carbons (Fsp3) is 0.391. The molecule has 1 aliphatic rings. The van der Waals surface area contributed by atoms with Gasteiger partial charge in [0.25, 0.3) is 5.91 Å². The van der Waals surface area contributed by atoms with Crippen LogP contribution in [0.25, 0.3) is 0 Å². The molecule has 0 saturated heterocycles. The van der Waals surface area contributed by atoms with Gasteiger partial charge in [-0.05, 0) is 36.5 Å². The summed E-state index contributed by atoms with van der Waals surface area (Å²) < 4.78 is 11.0.